The van der Waals surface area contributed by atoms with Crippen LogP contribution in [0.5, 0.6) is 0 Å². The molecule has 26 nitrogen and oxygen atoms in total. The number of hydrogen-bond acceptors (Lipinski definition) is 26. The SMILES string of the molecule is CC(=O)O[C@H]1[C@@H](O)[C@H](O[C@H]2CC[C@@]3(C)C(CC[C@]4(C)C3CC=C3C5CC(C)(C)[C@@H](O)[C@H](O)[C@]5(CO[C@@H]5O[C@H](CO[C@H]6O[C@H](CO)[C@@H](O)[C@@H](O)[C@@H]6O)[C@@H](O)[C@@H](O)[C@H]5O)C(=O)C[C@]34C)C2(C)C)O[C@H](CO[C@H]2O[C@H](CO)[C@@H](O)[C@H](O)[C@H]2O)[C@H]1O. The molecular formula is C56H90O26. The summed E-state index contributed by atoms with van der Waals surface area (Å²) < 4.78 is 52.8. The Morgan fingerprint density at radius 2 is 1.09 bits per heavy atom. The summed E-state index contributed by atoms with van der Waals surface area (Å²) in [6.45, 7) is 12.4. The van der Waals surface area contributed by atoms with Gasteiger partial charge in [0.05, 0.1) is 56.8 Å². The van der Waals surface area contributed by atoms with E-state index in [0.717, 1.165) is 12.5 Å². The molecular weight excluding hydrogens is 1090 g/mol. The molecule has 82 heavy (non-hydrogen) atoms. The summed E-state index contributed by atoms with van der Waals surface area (Å²) >= 11 is 0. The molecule has 9 aliphatic rings. The molecule has 0 bridgehead atoms. The van der Waals surface area contributed by atoms with Crippen molar-refractivity contribution in [2.24, 2.45) is 50.2 Å². The first-order valence-electron chi connectivity index (χ1n) is 28.9. The van der Waals surface area contributed by atoms with E-state index in [9.17, 15) is 81.4 Å². The molecule has 15 N–H and O–H groups in total. The zero-order chi connectivity index (χ0) is 60.3. The van der Waals surface area contributed by atoms with Crippen LogP contribution in [-0.4, -0.2) is 263 Å². The molecule has 0 aromatic rings. The van der Waals surface area contributed by atoms with Crippen LogP contribution >= 0.6 is 0 Å². The third-order valence-electron chi connectivity index (χ3n) is 21.8. The molecule has 0 aromatic carbocycles. The highest BCUT2D eigenvalue weighted by Gasteiger charge is 2.73. The van der Waals surface area contributed by atoms with Crippen LogP contribution in [0, 0.1) is 50.2 Å². The van der Waals surface area contributed by atoms with Crippen LogP contribution in [0.2, 0.25) is 0 Å². The molecule has 470 valence electrons. The fourth-order valence-electron chi connectivity index (χ4n) is 16.7. The van der Waals surface area contributed by atoms with E-state index in [4.69, 9.17) is 42.6 Å². The zero-order valence-corrected chi connectivity index (χ0v) is 47.8. The monoisotopic (exact) mass is 1180 g/mol. The second-order valence-electron chi connectivity index (χ2n) is 27.0. The van der Waals surface area contributed by atoms with Crippen molar-refractivity contribution in [3.8, 4) is 0 Å². The molecule has 4 aliphatic heterocycles. The minimum Gasteiger partial charge on any atom is -0.457 e. The lowest BCUT2D eigenvalue weighted by molar-refractivity contribution is -0.346. The van der Waals surface area contributed by atoms with Gasteiger partial charge in [-0.25, -0.2) is 0 Å². The number of ether oxygens (including phenoxy) is 9. The van der Waals surface area contributed by atoms with E-state index >= 15 is 4.79 Å². The van der Waals surface area contributed by atoms with Gasteiger partial charge in [0.2, 0.25) is 0 Å². The molecule has 4 saturated heterocycles. The highest BCUT2D eigenvalue weighted by molar-refractivity contribution is 5.90. The normalized spacial score (nSPS) is 52.8. The average Bonchev–Trinajstić information content (AvgIpc) is 0.820. The van der Waals surface area contributed by atoms with E-state index < -0.39 is 213 Å². The maximum Gasteiger partial charge on any atom is 0.303 e. The molecule has 0 amide bonds. The highest BCUT2D eigenvalue weighted by atomic mass is 16.7. The van der Waals surface area contributed by atoms with Crippen LogP contribution < -0.4 is 0 Å². The van der Waals surface area contributed by atoms with E-state index in [-0.39, 0.29) is 35.9 Å². The predicted molar refractivity (Wildman–Crippen MR) is 275 cm³/mol. The number of allylic oxidation sites excluding steroid dienone is 2. The van der Waals surface area contributed by atoms with Crippen LogP contribution in [-0.2, 0) is 52.2 Å². The number of carbonyl (C=O) groups excluding carboxylic acids is 2. The maximum absolute atomic E-state index is 15.5. The maximum atomic E-state index is 15.5. The first-order chi connectivity index (χ1) is 38.3. The van der Waals surface area contributed by atoms with Gasteiger partial charge in [-0.05, 0) is 77.9 Å². The topological polar surface area (TPSA) is 421 Å². The molecule has 26 heteroatoms. The lowest BCUT2D eigenvalue weighted by Crippen LogP contribution is -2.71. The number of aliphatic hydroxyl groups is 15. The molecule has 5 aliphatic carbocycles. The zero-order valence-electron chi connectivity index (χ0n) is 47.8. The van der Waals surface area contributed by atoms with Gasteiger partial charge in [-0.2, -0.15) is 0 Å². The van der Waals surface area contributed by atoms with E-state index in [1.807, 2.05) is 13.8 Å². The Hall–Kier alpha value is -2.04. The largest absolute Gasteiger partial charge is 0.457 e. The van der Waals surface area contributed by atoms with Crippen LogP contribution in [0.25, 0.3) is 0 Å². The molecule has 9 rings (SSSR count). The van der Waals surface area contributed by atoms with Gasteiger partial charge in [-0.15, -0.1) is 0 Å². The summed E-state index contributed by atoms with van der Waals surface area (Å²) in [6.07, 6.45) is -30.8. The second kappa shape index (κ2) is 23.5. The third kappa shape index (κ3) is 10.5. The number of rotatable bonds is 14. The number of carbonyl (C=O) groups is 2. The van der Waals surface area contributed by atoms with E-state index in [0.29, 0.717) is 32.1 Å². The summed E-state index contributed by atoms with van der Waals surface area (Å²) in [5, 5.41) is 162. The summed E-state index contributed by atoms with van der Waals surface area (Å²) in [4.78, 5) is 27.9. The number of ketones is 1. The smallest absolute Gasteiger partial charge is 0.303 e. The predicted octanol–water partition coefficient (Wildman–Crippen LogP) is -3.87. The van der Waals surface area contributed by atoms with Crippen LogP contribution in [0.4, 0.5) is 0 Å². The lowest BCUT2D eigenvalue weighted by Gasteiger charge is -2.71. The van der Waals surface area contributed by atoms with Crippen molar-refractivity contribution in [1.82, 2.24) is 0 Å². The number of hydrogen-bond donors (Lipinski definition) is 15. The van der Waals surface area contributed by atoms with Gasteiger partial charge in [0.1, 0.15) is 97.3 Å². The van der Waals surface area contributed by atoms with Crippen molar-refractivity contribution in [3.63, 3.8) is 0 Å². The molecule has 30 atom stereocenters. The Morgan fingerprint density at radius 1 is 0.585 bits per heavy atom. The molecule has 8 fully saturated rings. The first-order valence-corrected chi connectivity index (χ1v) is 28.9. The molecule has 0 aromatic heterocycles. The van der Waals surface area contributed by atoms with Crippen molar-refractivity contribution in [1.29, 1.82) is 0 Å². The van der Waals surface area contributed by atoms with Gasteiger partial charge in [0.25, 0.3) is 0 Å². The van der Waals surface area contributed by atoms with E-state index in [1.54, 1.807) is 0 Å². The fraction of sp³-hybridized carbons (Fsp3) is 0.929. The van der Waals surface area contributed by atoms with Gasteiger partial charge < -0.3 is 119 Å². The third-order valence-corrected chi connectivity index (χ3v) is 21.8. The van der Waals surface area contributed by atoms with Gasteiger partial charge >= 0.3 is 5.97 Å². The van der Waals surface area contributed by atoms with Crippen molar-refractivity contribution < 1.29 is 129 Å². The summed E-state index contributed by atoms with van der Waals surface area (Å²) in [5.74, 6) is -1.88. The lowest BCUT2D eigenvalue weighted by atomic mass is 9.33. The second-order valence-corrected chi connectivity index (χ2v) is 27.0. The van der Waals surface area contributed by atoms with Gasteiger partial charge in [-0.3, -0.25) is 9.59 Å². The number of Topliss-reactive ketones (excluding diaryl/α,β-unsaturated/α-hetero) is 1. The Morgan fingerprint density at radius 3 is 1.62 bits per heavy atom. The average molecular weight is 1180 g/mol. The Bertz CT molecular complexity index is 2300. The Labute approximate surface area is 475 Å². The van der Waals surface area contributed by atoms with Gasteiger partial charge in [0, 0.05) is 18.8 Å². The van der Waals surface area contributed by atoms with Crippen LogP contribution in [0.3, 0.4) is 0 Å². The number of esters is 1. The van der Waals surface area contributed by atoms with Crippen molar-refractivity contribution in [2.75, 3.05) is 33.0 Å². The van der Waals surface area contributed by atoms with Crippen LogP contribution in [0.15, 0.2) is 11.6 Å². The minimum atomic E-state index is -1.89. The van der Waals surface area contributed by atoms with Gasteiger partial charge in [0.15, 0.2) is 31.3 Å². The molecule has 3 unspecified atom stereocenters. The highest BCUT2D eigenvalue weighted by Crippen LogP contribution is 2.75. The quantitative estimate of drug-likeness (QED) is 0.0449. The summed E-state index contributed by atoms with van der Waals surface area (Å²) in [7, 11) is 0. The summed E-state index contributed by atoms with van der Waals surface area (Å²) in [6, 6.07) is 0. The van der Waals surface area contributed by atoms with E-state index in [1.165, 1.54) is 0 Å². The van der Waals surface area contributed by atoms with Crippen molar-refractivity contribution in [3.05, 3.63) is 11.6 Å². The van der Waals surface area contributed by atoms with Crippen LogP contribution in [0.1, 0.15) is 100 Å². The number of fused-ring (bicyclic) bond motifs is 7. The van der Waals surface area contributed by atoms with Gasteiger partial charge in [-0.1, -0.05) is 60.1 Å². The molecule has 0 radical (unpaired) electrons. The summed E-state index contributed by atoms with van der Waals surface area (Å²) in [5.41, 5.74) is -4.02. The first kappa shape index (κ1) is 64.4. The van der Waals surface area contributed by atoms with E-state index in [2.05, 4.69) is 40.7 Å². The molecule has 0 spiro atoms. The minimum absolute atomic E-state index is 0.00110. The molecule has 4 heterocycles. The number of aliphatic hydroxyl groups excluding tert-OH is 15. The standard InChI is InChI=1S/C56H90O26/c1-22(59)77-44-36(64)28(20-75-48-41(69)38(66)34(62)26(18-58)79-48)81-50(43(44)71)82-32-12-13-53(6)29(52(32,4)5)11-14-54(7)30(53)10-9-23-24-15-51(2,3)45(72)46(73)56(24,31(60)16-55(23,54)8)21-76-49-42(70)39(67)35(63)27(80-49)19-74-47-40(68)37(65)33(61)25(17-57)78-47/h9,24-30,32-50,57-58,61-73H,10-21H2,1-8H3/t24?,25-,26-,27-,28-,29?,30?,32+,33-,34-,35-,36-,37-,38+,39-,40+,41-,42-,43-,44-,45+,46+,47+,48+,49-,50+,53+,54-,55-,56+/m1/s1. The Balaban J connectivity index is 0.934. The van der Waals surface area contributed by atoms with Crippen molar-refractivity contribution in [2.45, 2.75) is 241 Å². The van der Waals surface area contributed by atoms with Crippen molar-refractivity contribution >= 4 is 11.8 Å². The fourth-order valence-corrected chi connectivity index (χ4v) is 16.7. The Kier molecular flexibility index (Phi) is 18.5. The molecule has 4 saturated carbocycles.